The van der Waals surface area contributed by atoms with Gasteiger partial charge in [-0.25, -0.2) is 12.8 Å². The number of halogens is 1. The summed E-state index contributed by atoms with van der Waals surface area (Å²) in [4.78, 5) is 0. The fourth-order valence-corrected chi connectivity index (χ4v) is 3.59. The summed E-state index contributed by atoms with van der Waals surface area (Å²) < 4.78 is 39.2. The van der Waals surface area contributed by atoms with E-state index in [4.69, 9.17) is 0 Å². The van der Waals surface area contributed by atoms with Crippen molar-refractivity contribution in [3.8, 4) is 0 Å². The molecule has 0 saturated carbocycles. The predicted octanol–water partition coefficient (Wildman–Crippen LogP) is 3.24. The average molecular weight is 332 g/mol. The Morgan fingerprint density at radius 3 is 2.39 bits per heavy atom. The van der Waals surface area contributed by atoms with E-state index < -0.39 is 21.9 Å². The maximum Gasteiger partial charge on any atom is 0.247 e. The van der Waals surface area contributed by atoms with Crippen LogP contribution in [0.3, 0.4) is 0 Å². The normalized spacial score (nSPS) is 18.1. The van der Waals surface area contributed by atoms with Gasteiger partial charge >= 0.3 is 0 Å². The van der Waals surface area contributed by atoms with Gasteiger partial charge in [-0.05, 0) is 18.6 Å². The molecule has 1 aliphatic heterocycles. The van der Waals surface area contributed by atoms with Gasteiger partial charge in [0.1, 0.15) is 5.82 Å². The van der Waals surface area contributed by atoms with Crippen LogP contribution in [0.1, 0.15) is 29.2 Å². The fraction of sp³-hybridized carbons (Fsp3) is 0.235. The third-order valence-electron chi connectivity index (χ3n) is 3.86. The first-order valence-electron chi connectivity index (χ1n) is 7.24. The van der Waals surface area contributed by atoms with Crippen LogP contribution in [0.4, 0.5) is 4.39 Å². The molecule has 120 valence electrons. The number of aryl methyl sites for hydroxylation is 1. The molecule has 23 heavy (non-hydrogen) atoms. The minimum atomic E-state index is -3.54. The predicted molar refractivity (Wildman–Crippen MR) is 88.2 cm³/mol. The first-order valence-corrected chi connectivity index (χ1v) is 9.09. The van der Waals surface area contributed by atoms with Crippen LogP contribution in [0.5, 0.6) is 0 Å². The highest BCUT2D eigenvalue weighted by Crippen LogP contribution is 2.35. The third-order valence-corrected chi connectivity index (χ3v) is 4.87. The molecule has 0 aliphatic carbocycles. The second kappa shape index (κ2) is 5.77. The molecule has 0 bridgehead atoms. The topological polar surface area (TPSA) is 49.7 Å². The Bertz CT molecular complexity index is 860. The molecule has 2 aromatic carbocycles. The summed E-state index contributed by atoms with van der Waals surface area (Å²) in [6, 6.07) is 13.5. The lowest BCUT2D eigenvalue weighted by Crippen LogP contribution is -2.25. The fourth-order valence-electron chi connectivity index (χ4n) is 2.69. The lowest BCUT2D eigenvalue weighted by Gasteiger charge is -2.21. The zero-order valence-corrected chi connectivity index (χ0v) is 13.7. The molecule has 0 aromatic heterocycles. The van der Waals surface area contributed by atoms with Crippen molar-refractivity contribution in [3.05, 3.63) is 71.0 Å². The molecule has 0 radical (unpaired) electrons. The molecule has 1 heterocycles. The standard InChI is InChI=1S/C17H17FN2O2S/c1-12-7-9-13(10-8-12)17-11-16(19-20(17)23(2,21)22)14-5-3-4-6-15(14)18/h3-10,17H,11H2,1-2H3/t17-/m0/s1. The summed E-state index contributed by atoms with van der Waals surface area (Å²) in [5.41, 5.74) is 2.72. The van der Waals surface area contributed by atoms with E-state index in [2.05, 4.69) is 5.10 Å². The van der Waals surface area contributed by atoms with Crippen molar-refractivity contribution in [1.82, 2.24) is 4.41 Å². The minimum Gasteiger partial charge on any atom is -0.206 e. The van der Waals surface area contributed by atoms with Crippen LogP contribution in [0.15, 0.2) is 53.6 Å². The number of nitrogens with zero attached hydrogens (tertiary/aromatic N) is 2. The molecule has 3 rings (SSSR count). The molecule has 2 aromatic rings. The van der Waals surface area contributed by atoms with E-state index in [1.807, 2.05) is 31.2 Å². The van der Waals surface area contributed by atoms with Gasteiger partial charge in [0.2, 0.25) is 10.0 Å². The van der Waals surface area contributed by atoms with Crippen molar-refractivity contribution in [3.63, 3.8) is 0 Å². The highest BCUT2D eigenvalue weighted by atomic mass is 32.2. The summed E-state index contributed by atoms with van der Waals surface area (Å²) in [6.07, 6.45) is 1.46. The van der Waals surface area contributed by atoms with Gasteiger partial charge in [0.15, 0.2) is 0 Å². The highest BCUT2D eigenvalue weighted by molar-refractivity contribution is 7.88. The van der Waals surface area contributed by atoms with E-state index in [9.17, 15) is 12.8 Å². The second-order valence-corrected chi connectivity index (χ2v) is 7.53. The molecular weight excluding hydrogens is 315 g/mol. The molecule has 1 aliphatic rings. The van der Waals surface area contributed by atoms with Crippen LogP contribution in [-0.2, 0) is 10.0 Å². The molecule has 0 unspecified atom stereocenters. The van der Waals surface area contributed by atoms with Crippen molar-refractivity contribution in [2.75, 3.05) is 6.26 Å². The molecule has 1 atom stereocenters. The monoisotopic (exact) mass is 332 g/mol. The van der Waals surface area contributed by atoms with Gasteiger partial charge in [-0.3, -0.25) is 0 Å². The smallest absolute Gasteiger partial charge is 0.206 e. The van der Waals surface area contributed by atoms with Crippen LogP contribution < -0.4 is 0 Å². The molecule has 6 heteroatoms. The zero-order valence-electron chi connectivity index (χ0n) is 12.9. The van der Waals surface area contributed by atoms with Crippen LogP contribution in [0, 0.1) is 12.7 Å². The summed E-state index contributed by atoms with van der Waals surface area (Å²) in [5, 5.41) is 4.19. The summed E-state index contributed by atoms with van der Waals surface area (Å²) in [5.74, 6) is -0.399. The van der Waals surface area contributed by atoms with Gasteiger partial charge in [-0.2, -0.15) is 9.52 Å². The van der Waals surface area contributed by atoms with Gasteiger partial charge in [0.25, 0.3) is 0 Å². The van der Waals surface area contributed by atoms with Gasteiger partial charge < -0.3 is 0 Å². The highest BCUT2D eigenvalue weighted by Gasteiger charge is 2.35. The SMILES string of the molecule is Cc1ccc([C@@H]2CC(c3ccccc3F)=NN2S(C)(=O)=O)cc1. The first-order chi connectivity index (χ1) is 10.9. The van der Waals surface area contributed by atoms with E-state index >= 15 is 0 Å². The Morgan fingerprint density at radius 1 is 1.13 bits per heavy atom. The Labute approximate surface area is 135 Å². The van der Waals surface area contributed by atoms with Crippen molar-refractivity contribution in [1.29, 1.82) is 0 Å². The van der Waals surface area contributed by atoms with Gasteiger partial charge in [0.05, 0.1) is 18.0 Å². The van der Waals surface area contributed by atoms with Crippen molar-refractivity contribution < 1.29 is 12.8 Å². The molecule has 4 nitrogen and oxygen atoms in total. The quantitative estimate of drug-likeness (QED) is 0.866. The molecular formula is C17H17FN2O2S. The van der Waals surface area contributed by atoms with Gasteiger partial charge in [0, 0.05) is 12.0 Å². The van der Waals surface area contributed by atoms with Crippen molar-refractivity contribution in [2.45, 2.75) is 19.4 Å². The van der Waals surface area contributed by atoms with Crippen molar-refractivity contribution >= 4 is 15.7 Å². The van der Waals surface area contributed by atoms with E-state index in [0.717, 1.165) is 21.8 Å². The van der Waals surface area contributed by atoms with Gasteiger partial charge in [-0.15, -0.1) is 0 Å². The van der Waals surface area contributed by atoms with Crippen molar-refractivity contribution in [2.24, 2.45) is 5.10 Å². The Balaban J connectivity index is 2.03. The Hall–Kier alpha value is -2.21. The number of sulfonamides is 1. The second-order valence-electron chi connectivity index (χ2n) is 5.69. The van der Waals surface area contributed by atoms with Crippen LogP contribution in [-0.4, -0.2) is 24.8 Å². The average Bonchev–Trinajstić information content (AvgIpc) is 2.93. The number of hydrazone groups is 1. The maximum atomic E-state index is 14.0. The Morgan fingerprint density at radius 2 is 1.78 bits per heavy atom. The number of hydrogen-bond donors (Lipinski definition) is 0. The van der Waals surface area contributed by atoms with E-state index in [1.54, 1.807) is 18.2 Å². The van der Waals surface area contributed by atoms with E-state index in [0.29, 0.717) is 17.7 Å². The van der Waals surface area contributed by atoms with E-state index in [1.165, 1.54) is 6.07 Å². The molecule has 0 spiro atoms. The zero-order chi connectivity index (χ0) is 16.6. The first kappa shape index (κ1) is 15.7. The largest absolute Gasteiger partial charge is 0.247 e. The number of rotatable bonds is 3. The van der Waals surface area contributed by atoms with Gasteiger partial charge in [-0.1, -0.05) is 48.0 Å². The number of hydrogen-bond acceptors (Lipinski definition) is 3. The lowest BCUT2D eigenvalue weighted by molar-refractivity contribution is 0.375. The summed E-state index contributed by atoms with van der Waals surface area (Å²) in [7, 11) is -3.54. The minimum absolute atomic E-state index is 0.343. The summed E-state index contributed by atoms with van der Waals surface area (Å²) in [6.45, 7) is 1.97. The Kier molecular flexibility index (Phi) is 3.93. The number of benzene rings is 2. The van der Waals surface area contributed by atoms with Crippen LogP contribution in [0.25, 0.3) is 0 Å². The molecule has 0 N–H and O–H groups in total. The van der Waals surface area contributed by atoms with Crippen LogP contribution >= 0.6 is 0 Å². The summed E-state index contributed by atoms with van der Waals surface area (Å²) >= 11 is 0. The molecule has 0 amide bonds. The molecule has 0 fully saturated rings. The van der Waals surface area contributed by atoms with Crippen LogP contribution in [0.2, 0.25) is 0 Å². The molecule has 0 saturated heterocycles. The maximum absolute atomic E-state index is 14.0. The van der Waals surface area contributed by atoms with E-state index in [-0.39, 0.29) is 0 Å². The lowest BCUT2D eigenvalue weighted by atomic mass is 9.98. The third kappa shape index (κ3) is 3.12.